The molecule has 3 aliphatic heterocycles. The van der Waals surface area contributed by atoms with Crippen LogP contribution in [0.3, 0.4) is 0 Å². The van der Waals surface area contributed by atoms with Crippen LogP contribution in [0.2, 0.25) is 0 Å². The van der Waals surface area contributed by atoms with Crippen LogP contribution in [0, 0.1) is 17.8 Å². The molecule has 8 heteroatoms. The Balaban J connectivity index is 1.82. The zero-order valence-corrected chi connectivity index (χ0v) is 26.7. The molecule has 1 spiro atoms. The minimum absolute atomic E-state index is 0.0577. The molecule has 0 saturated carbocycles. The second kappa shape index (κ2) is 13.3. The van der Waals surface area contributed by atoms with E-state index < -0.39 is 35.1 Å². The van der Waals surface area contributed by atoms with Crippen LogP contribution < -0.4 is 0 Å². The van der Waals surface area contributed by atoms with Gasteiger partial charge in [-0.25, -0.2) is 0 Å². The highest BCUT2D eigenvalue weighted by molar-refractivity contribution is 5.99. The predicted molar refractivity (Wildman–Crippen MR) is 168 cm³/mol. The van der Waals surface area contributed by atoms with Gasteiger partial charge in [0.1, 0.15) is 11.6 Å². The standard InChI is InChI=1S/C35H51N3O5/c1-8-15-25(6)37(21-10-3)33(42)30-35-19-18-34(7,43-35)28(29(35)32(41)38(30)27(23-39)24(5)11-4)31(40)36(20-9-2)22-26-16-13-12-14-17-26/h9-10,12-14,16-17,24-25,27-30,39H,2-3,8,11,15,18-23H2,1,4-7H3/t24-,25?,27-,28+,29-,30?,34-,35?/m0/s1. The lowest BCUT2D eigenvalue weighted by atomic mass is 9.66. The SMILES string of the molecule is C=CCN(Cc1ccccc1)C(=O)[C@H]1[C@H]2C(=O)N([C@@H](CO)[C@@H](C)CC)C(C(=O)N(CC=C)C(C)CCC)C23CC[C@]1(C)O3. The van der Waals surface area contributed by atoms with Crippen LogP contribution in [0.15, 0.2) is 55.6 Å². The molecule has 3 amide bonds. The topological polar surface area (TPSA) is 90.4 Å². The molecule has 2 bridgehead atoms. The zero-order chi connectivity index (χ0) is 31.5. The lowest BCUT2D eigenvalue weighted by Crippen LogP contribution is -2.61. The Bertz CT molecular complexity index is 1190. The van der Waals surface area contributed by atoms with Gasteiger partial charge in [0.25, 0.3) is 0 Å². The van der Waals surface area contributed by atoms with E-state index in [1.165, 1.54) is 0 Å². The Labute approximate surface area is 257 Å². The maximum atomic E-state index is 14.7. The van der Waals surface area contributed by atoms with Gasteiger partial charge in [0.2, 0.25) is 17.7 Å². The van der Waals surface area contributed by atoms with Crippen LogP contribution in [-0.2, 0) is 25.7 Å². The molecule has 3 saturated heterocycles. The summed E-state index contributed by atoms with van der Waals surface area (Å²) in [6.07, 6.45) is 6.92. The number of hydrogen-bond acceptors (Lipinski definition) is 5. The maximum Gasteiger partial charge on any atom is 0.248 e. The summed E-state index contributed by atoms with van der Waals surface area (Å²) in [5, 5.41) is 10.7. The van der Waals surface area contributed by atoms with Gasteiger partial charge in [-0.05, 0) is 44.6 Å². The fourth-order valence-electron chi connectivity index (χ4n) is 7.94. The zero-order valence-electron chi connectivity index (χ0n) is 26.7. The van der Waals surface area contributed by atoms with Crippen molar-refractivity contribution in [3.05, 3.63) is 61.2 Å². The van der Waals surface area contributed by atoms with Gasteiger partial charge >= 0.3 is 0 Å². The molecule has 3 fully saturated rings. The van der Waals surface area contributed by atoms with E-state index in [0.29, 0.717) is 32.5 Å². The quantitative estimate of drug-likeness (QED) is 0.301. The van der Waals surface area contributed by atoms with Crippen LogP contribution in [0.5, 0.6) is 0 Å². The summed E-state index contributed by atoms with van der Waals surface area (Å²) in [6, 6.07) is 8.20. The fourth-order valence-corrected chi connectivity index (χ4v) is 7.94. The van der Waals surface area contributed by atoms with E-state index in [0.717, 1.165) is 24.8 Å². The summed E-state index contributed by atoms with van der Waals surface area (Å²) in [5.41, 5.74) is -1.06. The molecular formula is C35H51N3O5. The number of amides is 3. The molecule has 1 aromatic carbocycles. The van der Waals surface area contributed by atoms with Crippen LogP contribution in [-0.4, -0.2) is 86.6 Å². The van der Waals surface area contributed by atoms with Gasteiger partial charge in [0, 0.05) is 25.7 Å². The number of likely N-dealkylation sites (tertiary alicyclic amines) is 1. The average Bonchev–Trinajstić information content (AvgIpc) is 3.56. The van der Waals surface area contributed by atoms with Crippen LogP contribution >= 0.6 is 0 Å². The Morgan fingerprint density at radius 3 is 2.37 bits per heavy atom. The van der Waals surface area contributed by atoms with E-state index in [-0.39, 0.29) is 36.3 Å². The summed E-state index contributed by atoms with van der Waals surface area (Å²) in [6.45, 7) is 18.6. The predicted octanol–water partition coefficient (Wildman–Crippen LogP) is 4.58. The minimum Gasteiger partial charge on any atom is -0.394 e. The molecule has 0 radical (unpaired) electrons. The van der Waals surface area contributed by atoms with Crippen molar-refractivity contribution in [2.24, 2.45) is 17.8 Å². The van der Waals surface area contributed by atoms with Crippen molar-refractivity contribution < 1.29 is 24.2 Å². The first-order valence-corrected chi connectivity index (χ1v) is 16.0. The molecule has 8 nitrogen and oxygen atoms in total. The van der Waals surface area contributed by atoms with Gasteiger partial charge in [0.15, 0.2) is 0 Å². The summed E-state index contributed by atoms with van der Waals surface area (Å²) in [7, 11) is 0. The van der Waals surface area contributed by atoms with Crippen molar-refractivity contribution in [3.8, 4) is 0 Å². The van der Waals surface area contributed by atoms with Gasteiger partial charge in [-0.3, -0.25) is 14.4 Å². The first-order chi connectivity index (χ1) is 20.5. The number of carbonyl (C=O) groups excluding carboxylic acids is 3. The minimum atomic E-state index is -1.15. The number of benzene rings is 1. The number of rotatable bonds is 15. The first-order valence-electron chi connectivity index (χ1n) is 16.0. The molecule has 8 atom stereocenters. The number of carbonyl (C=O) groups is 3. The van der Waals surface area contributed by atoms with Crippen LogP contribution in [0.25, 0.3) is 0 Å². The van der Waals surface area contributed by atoms with Gasteiger partial charge < -0.3 is 24.5 Å². The molecule has 3 heterocycles. The van der Waals surface area contributed by atoms with Crippen molar-refractivity contribution in [1.82, 2.24) is 14.7 Å². The molecular weight excluding hydrogens is 542 g/mol. The van der Waals surface area contributed by atoms with Gasteiger partial charge in [-0.2, -0.15) is 0 Å². The lowest BCUT2D eigenvalue weighted by Gasteiger charge is -2.42. The van der Waals surface area contributed by atoms with E-state index in [1.54, 1.807) is 26.9 Å². The van der Waals surface area contributed by atoms with Crippen LogP contribution in [0.1, 0.15) is 72.3 Å². The van der Waals surface area contributed by atoms with Crippen molar-refractivity contribution >= 4 is 17.7 Å². The monoisotopic (exact) mass is 593 g/mol. The van der Waals surface area contributed by atoms with E-state index in [1.807, 2.05) is 58.0 Å². The lowest BCUT2D eigenvalue weighted by molar-refractivity contribution is -0.158. The molecule has 1 N–H and O–H groups in total. The van der Waals surface area contributed by atoms with Crippen molar-refractivity contribution in [3.63, 3.8) is 0 Å². The number of aliphatic hydroxyl groups is 1. The Morgan fingerprint density at radius 2 is 1.79 bits per heavy atom. The molecule has 0 aliphatic carbocycles. The third-order valence-corrected chi connectivity index (χ3v) is 10.3. The fraction of sp³-hybridized carbons (Fsp3) is 0.629. The number of nitrogens with zero attached hydrogens (tertiary/aromatic N) is 3. The van der Waals surface area contributed by atoms with Gasteiger partial charge in [-0.1, -0.05) is 76.1 Å². The molecule has 236 valence electrons. The average molecular weight is 594 g/mol. The van der Waals surface area contributed by atoms with Crippen molar-refractivity contribution in [1.29, 1.82) is 0 Å². The third kappa shape index (κ3) is 5.68. The Kier molecular flexibility index (Phi) is 10.2. The smallest absolute Gasteiger partial charge is 0.248 e. The normalized spacial score (nSPS) is 29.6. The Hall–Kier alpha value is -2.97. The highest BCUT2D eigenvalue weighted by atomic mass is 16.5. The molecule has 3 unspecified atom stereocenters. The second-order valence-corrected chi connectivity index (χ2v) is 13.0. The van der Waals surface area contributed by atoms with Gasteiger partial charge in [0.05, 0.1) is 30.1 Å². The molecule has 3 aliphatic rings. The maximum absolute atomic E-state index is 14.7. The summed E-state index contributed by atoms with van der Waals surface area (Å²) in [4.78, 5) is 49.2. The Morgan fingerprint density at radius 1 is 1.12 bits per heavy atom. The molecule has 0 aromatic heterocycles. The second-order valence-electron chi connectivity index (χ2n) is 13.0. The summed E-state index contributed by atoms with van der Waals surface area (Å²) < 4.78 is 6.90. The number of ether oxygens (including phenoxy) is 1. The van der Waals surface area contributed by atoms with Crippen LogP contribution in [0.4, 0.5) is 0 Å². The molecule has 4 rings (SSSR count). The van der Waals surface area contributed by atoms with E-state index >= 15 is 0 Å². The van der Waals surface area contributed by atoms with E-state index in [4.69, 9.17) is 4.74 Å². The van der Waals surface area contributed by atoms with Gasteiger partial charge in [-0.15, -0.1) is 13.2 Å². The highest BCUT2D eigenvalue weighted by Gasteiger charge is 2.79. The van der Waals surface area contributed by atoms with E-state index in [2.05, 4.69) is 20.1 Å². The van der Waals surface area contributed by atoms with Crippen molar-refractivity contribution in [2.45, 2.75) is 103 Å². The molecule has 1 aromatic rings. The molecule has 43 heavy (non-hydrogen) atoms. The van der Waals surface area contributed by atoms with Crippen molar-refractivity contribution in [2.75, 3.05) is 19.7 Å². The summed E-state index contributed by atoms with van der Waals surface area (Å²) >= 11 is 0. The number of aliphatic hydroxyl groups excluding tert-OH is 1. The largest absolute Gasteiger partial charge is 0.394 e. The number of fused-ring (bicyclic) bond motifs is 1. The number of hydrogen-bond donors (Lipinski definition) is 1. The summed E-state index contributed by atoms with van der Waals surface area (Å²) in [5.74, 6) is -2.25. The van der Waals surface area contributed by atoms with E-state index in [9.17, 15) is 19.5 Å². The highest BCUT2D eigenvalue weighted by Crippen LogP contribution is 2.64. The third-order valence-electron chi connectivity index (χ3n) is 10.3. The first kappa shape index (κ1) is 32.9.